The first-order valence-electron chi connectivity index (χ1n) is 4.69. The fourth-order valence-electron chi connectivity index (χ4n) is 1.24. The van der Waals surface area contributed by atoms with Crippen LogP contribution >= 0.6 is 0 Å². The summed E-state index contributed by atoms with van der Waals surface area (Å²) in [7, 11) is 1.78. The summed E-state index contributed by atoms with van der Waals surface area (Å²) in [6.45, 7) is 4.09. The lowest BCUT2D eigenvalue weighted by atomic mass is 10.2. The van der Waals surface area contributed by atoms with Crippen molar-refractivity contribution in [1.82, 2.24) is 4.98 Å². The summed E-state index contributed by atoms with van der Waals surface area (Å²) in [5.74, 6) is 0. The molecule has 2 heteroatoms. The Kier molecular flexibility index (Phi) is 3.92. The Bertz CT molecular complexity index is 368. The first kappa shape index (κ1) is 10.5. The van der Waals surface area contributed by atoms with Crippen molar-refractivity contribution in [3.05, 3.63) is 41.2 Å². The van der Waals surface area contributed by atoms with Crippen LogP contribution in [0.15, 0.2) is 29.4 Å². The van der Waals surface area contributed by atoms with E-state index in [2.05, 4.69) is 23.0 Å². The smallest absolute Gasteiger partial charge is 0.0416 e. The van der Waals surface area contributed by atoms with Crippen LogP contribution in [0.3, 0.4) is 0 Å². The summed E-state index contributed by atoms with van der Waals surface area (Å²) in [4.78, 5) is 7.20. The summed E-state index contributed by atoms with van der Waals surface area (Å²) in [6, 6.07) is 0. The lowest BCUT2D eigenvalue weighted by molar-refractivity contribution is 1.34. The molecule has 0 aromatic carbocycles. The standard InChI is InChI=1S/C12H16N2/c1-4-5-6-7-12-10(2)11(8-13-3)9-14-12/h4-9,14H,1-3H3/b5-4-,7-6-,13-8?. The molecule has 0 spiro atoms. The minimum absolute atomic E-state index is 1.14. The molecule has 0 aliphatic carbocycles. The lowest BCUT2D eigenvalue weighted by Gasteiger charge is -1.91. The third-order valence-corrected chi connectivity index (χ3v) is 2.05. The van der Waals surface area contributed by atoms with E-state index in [-0.39, 0.29) is 0 Å². The van der Waals surface area contributed by atoms with E-state index in [0.717, 1.165) is 11.3 Å². The molecular weight excluding hydrogens is 172 g/mol. The molecule has 1 heterocycles. The molecule has 1 aromatic heterocycles. The number of nitrogens with zero attached hydrogens (tertiary/aromatic N) is 1. The Morgan fingerprint density at radius 2 is 2.14 bits per heavy atom. The molecule has 0 fully saturated rings. The molecular formula is C12H16N2. The van der Waals surface area contributed by atoms with Gasteiger partial charge in [-0.15, -0.1) is 0 Å². The largest absolute Gasteiger partial charge is 0.361 e. The van der Waals surface area contributed by atoms with Crippen LogP contribution in [0.25, 0.3) is 6.08 Å². The Morgan fingerprint density at radius 1 is 1.36 bits per heavy atom. The summed E-state index contributed by atoms with van der Waals surface area (Å²) in [5.41, 5.74) is 3.52. The zero-order chi connectivity index (χ0) is 10.4. The van der Waals surface area contributed by atoms with Crippen molar-refractivity contribution < 1.29 is 0 Å². The maximum absolute atomic E-state index is 3.99. The van der Waals surface area contributed by atoms with Crippen LogP contribution in [0.4, 0.5) is 0 Å². The molecule has 0 bridgehead atoms. The average Bonchev–Trinajstić information content (AvgIpc) is 2.51. The van der Waals surface area contributed by atoms with E-state index < -0.39 is 0 Å². The average molecular weight is 188 g/mol. The molecule has 1 aromatic rings. The lowest BCUT2D eigenvalue weighted by Crippen LogP contribution is -1.81. The minimum Gasteiger partial charge on any atom is -0.361 e. The number of hydrogen-bond donors (Lipinski definition) is 1. The van der Waals surface area contributed by atoms with E-state index in [9.17, 15) is 0 Å². The minimum atomic E-state index is 1.14. The Labute approximate surface area is 85.1 Å². The third-order valence-electron chi connectivity index (χ3n) is 2.05. The molecule has 1 N–H and O–H groups in total. The fraction of sp³-hybridized carbons (Fsp3) is 0.250. The highest BCUT2D eigenvalue weighted by Gasteiger charge is 2.00. The number of H-pyrrole nitrogens is 1. The highest BCUT2D eigenvalue weighted by Crippen LogP contribution is 2.12. The normalized spacial score (nSPS) is 12.5. The molecule has 0 saturated heterocycles. The van der Waals surface area contributed by atoms with Gasteiger partial charge in [0.15, 0.2) is 0 Å². The SMILES string of the molecule is C/C=C\C=C/c1[nH]cc(C=NC)c1C. The summed E-state index contributed by atoms with van der Waals surface area (Å²) >= 11 is 0. The molecule has 0 aliphatic rings. The van der Waals surface area contributed by atoms with Gasteiger partial charge in [-0.25, -0.2) is 0 Å². The van der Waals surface area contributed by atoms with Crippen molar-refractivity contribution >= 4 is 12.3 Å². The maximum atomic E-state index is 3.99. The zero-order valence-corrected chi connectivity index (χ0v) is 8.91. The number of aromatic amines is 1. The van der Waals surface area contributed by atoms with Crippen molar-refractivity contribution in [3.8, 4) is 0 Å². The Hall–Kier alpha value is -1.57. The van der Waals surface area contributed by atoms with E-state index >= 15 is 0 Å². The highest BCUT2D eigenvalue weighted by molar-refractivity contribution is 5.83. The van der Waals surface area contributed by atoms with Crippen LogP contribution in [0.2, 0.25) is 0 Å². The van der Waals surface area contributed by atoms with Crippen LogP contribution in [0.5, 0.6) is 0 Å². The number of rotatable bonds is 3. The molecule has 0 amide bonds. The molecule has 0 saturated carbocycles. The second kappa shape index (κ2) is 5.22. The van der Waals surface area contributed by atoms with E-state index in [1.54, 1.807) is 7.05 Å². The zero-order valence-electron chi connectivity index (χ0n) is 8.91. The fourth-order valence-corrected chi connectivity index (χ4v) is 1.24. The van der Waals surface area contributed by atoms with Gasteiger partial charge in [0.25, 0.3) is 0 Å². The van der Waals surface area contributed by atoms with E-state index in [1.165, 1.54) is 5.56 Å². The molecule has 0 unspecified atom stereocenters. The van der Waals surface area contributed by atoms with Gasteiger partial charge in [0.05, 0.1) is 0 Å². The van der Waals surface area contributed by atoms with Crippen LogP contribution in [-0.2, 0) is 0 Å². The molecule has 2 nitrogen and oxygen atoms in total. The number of aromatic nitrogens is 1. The second-order valence-corrected chi connectivity index (χ2v) is 3.05. The highest BCUT2D eigenvalue weighted by atomic mass is 14.7. The molecule has 14 heavy (non-hydrogen) atoms. The van der Waals surface area contributed by atoms with Crippen LogP contribution in [0, 0.1) is 6.92 Å². The number of aliphatic imine (C=N–C) groups is 1. The summed E-state index contributed by atoms with van der Waals surface area (Å²) in [6.07, 6.45) is 11.9. The topological polar surface area (TPSA) is 28.1 Å². The molecule has 0 atom stereocenters. The van der Waals surface area contributed by atoms with E-state index in [0.29, 0.717) is 0 Å². The van der Waals surface area contributed by atoms with Crippen molar-refractivity contribution in [1.29, 1.82) is 0 Å². The summed E-state index contributed by atoms with van der Waals surface area (Å²) < 4.78 is 0. The third kappa shape index (κ3) is 2.46. The summed E-state index contributed by atoms with van der Waals surface area (Å²) in [5, 5.41) is 0. The van der Waals surface area contributed by atoms with Crippen molar-refractivity contribution in [3.63, 3.8) is 0 Å². The first-order chi connectivity index (χ1) is 6.79. The number of allylic oxidation sites excluding steroid dienone is 3. The van der Waals surface area contributed by atoms with Crippen molar-refractivity contribution in [2.45, 2.75) is 13.8 Å². The van der Waals surface area contributed by atoms with Crippen LogP contribution in [0.1, 0.15) is 23.7 Å². The van der Waals surface area contributed by atoms with Gasteiger partial charge in [0.2, 0.25) is 0 Å². The van der Waals surface area contributed by atoms with Gasteiger partial charge in [0.1, 0.15) is 0 Å². The van der Waals surface area contributed by atoms with Gasteiger partial charge in [-0.1, -0.05) is 18.2 Å². The Morgan fingerprint density at radius 3 is 2.79 bits per heavy atom. The van der Waals surface area contributed by atoms with Crippen molar-refractivity contribution in [2.24, 2.45) is 4.99 Å². The number of hydrogen-bond acceptors (Lipinski definition) is 1. The van der Waals surface area contributed by atoms with Gasteiger partial charge >= 0.3 is 0 Å². The second-order valence-electron chi connectivity index (χ2n) is 3.05. The predicted molar refractivity (Wildman–Crippen MR) is 62.9 cm³/mol. The van der Waals surface area contributed by atoms with E-state index in [4.69, 9.17) is 0 Å². The monoisotopic (exact) mass is 188 g/mol. The molecule has 0 aliphatic heterocycles. The quantitative estimate of drug-likeness (QED) is 0.558. The van der Waals surface area contributed by atoms with Gasteiger partial charge < -0.3 is 4.98 Å². The van der Waals surface area contributed by atoms with Crippen LogP contribution in [-0.4, -0.2) is 18.2 Å². The molecule has 74 valence electrons. The van der Waals surface area contributed by atoms with Gasteiger partial charge in [-0.2, -0.15) is 0 Å². The van der Waals surface area contributed by atoms with Gasteiger partial charge in [0, 0.05) is 30.7 Å². The Balaban J connectivity index is 2.89. The predicted octanol–water partition coefficient (Wildman–Crippen LogP) is 2.96. The maximum Gasteiger partial charge on any atom is 0.0416 e. The van der Waals surface area contributed by atoms with Gasteiger partial charge in [-0.3, -0.25) is 4.99 Å². The van der Waals surface area contributed by atoms with Crippen molar-refractivity contribution in [2.75, 3.05) is 7.05 Å². The van der Waals surface area contributed by atoms with E-state index in [1.807, 2.05) is 37.6 Å². The first-order valence-corrected chi connectivity index (χ1v) is 4.69. The molecule has 0 radical (unpaired) electrons. The number of nitrogens with one attached hydrogen (secondary N) is 1. The van der Waals surface area contributed by atoms with Crippen LogP contribution < -0.4 is 0 Å². The molecule has 1 rings (SSSR count). The van der Waals surface area contributed by atoms with Gasteiger partial charge in [-0.05, 0) is 25.5 Å².